The van der Waals surface area contributed by atoms with Crippen LogP contribution in [0.3, 0.4) is 0 Å². The number of rotatable bonds is 10. The van der Waals surface area contributed by atoms with Crippen LogP contribution in [0.5, 0.6) is 23.0 Å². The number of phenolic OH excluding ortho intramolecular Hbond substituents is 1. The van der Waals surface area contributed by atoms with Crippen molar-refractivity contribution < 1.29 is 14.6 Å². The fourth-order valence-corrected chi connectivity index (χ4v) is 5.54. The second-order valence-electron chi connectivity index (χ2n) is 9.54. The van der Waals surface area contributed by atoms with Gasteiger partial charge in [0.15, 0.2) is 0 Å². The number of likely N-dealkylation sites (tertiary alicyclic amines) is 1. The number of hydrogen-bond acceptors (Lipinski definition) is 5. The van der Waals surface area contributed by atoms with Crippen LogP contribution in [0.15, 0.2) is 83.8 Å². The number of piperidine rings is 1. The van der Waals surface area contributed by atoms with Crippen molar-refractivity contribution in [2.45, 2.75) is 37.5 Å². The SMILES string of the molecule is CCCSc1ccc(-c2ccc3cc(O)ccc3c2Oc2ccc(OCCN3CCCCC3)cc2)cc1. The number of ether oxygens (including phenoxy) is 2. The molecule has 0 radical (unpaired) electrons. The zero-order chi connectivity index (χ0) is 25.5. The molecule has 0 saturated carbocycles. The Bertz CT molecular complexity index is 1300. The molecule has 37 heavy (non-hydrogen) atoms. The number of fused-ring (bicyclic) bond motifs is 1. The summed E-state index contributed by atoms with van der Waals surface area (Å²) in [4.78, 5) is 3.75. The van der Waals surface area contributed by atoms with Crippen LogP contribution >= 0.6 is 11.8 Å². The molecule has 1 aliphatic heterocycles. The van der Waals surface area contributed by atoms with Crippen molar-refractivity contribution in [3.05, 3.63) is 78.9 Å². The summed E-state index contributed by atoms with van der Waals surface area (Å²) < 4.78 is 12.5. The predicted octanol–water partition coefficient (Wildman–Crippen LogP) is 8.37. The molecule has 0 unspecified atom stereocenters. The lowest BCUT2D eigenvalue weighted by Crippen LogP contribution is -2.33. The molecule has 4 aromatic rings. The van der Waals surface area contributed by atoms with Gasteiger partial charge >= 0.3 is 0 Å². The molecule has 192 valence electrons. The normalized spacial score (nSPS) is 14.1. The Hall–Kier alpha value is -3.15. The van der Waals surface area contributed by atoms with Gasteiger partial charge in [0.1, 0.15) is 29.6 Å². The van der Waals surface area contributed by atoms with Gasteiger partial charge < -0.3 is 14.6 Å². The first-order chi connectivity index (χ1) is 18.2. The van der Waals surface area contributed by atoms with Crippen LogP contribution in [0.25, 0.3) is 21.9 Å². The molecule has 0 bridgehead atoms. The first kappa shape index (κ1) is 25.5. The zero-order valence-corrected chi connectivity index (χ0v) is 22.3. The molecule has 0 amide bonds. The number of hydrogen-bond donors (Lipinski definition) is 1. The van der Waals surface area contributed by atoms with Crippen LogP contribution in [0, 0.1) is 0 Å². The minimum atomic E-state index is 0.245. The summed E-state index contributed by atoms with van der Waals surface area (Å²) >= 11 is 1.88. The van der Waals surface area contributed by atoms with E-state index in [4.69, 9.17) is 9.47 Å². The van der Waals surface area contributed by atoms with Crippen molar-refractivity contribution in [3.8, 4) is 34.1 Å². The van der Waals surface area contributed by atoms with Crippen LogP contribution in [0.1, 0.15) is 32.6 Å². The average Bonchev–Trinajstić information content (AvgIpc) is 2.94. The maximum absolute atomic E-state index is 10.0. The van der Waals surface area contributed by atoms with Gasteiger partial charge in [0.25, 0.3) is 0 Å². The molecule has 4 aromatic carbocycles. The summed E-state index contributed by atoms with van der Waals surface area (Å²) in [7, 11) is 0. The van der Waals surface area contributed by atoms with Gasteiger partial charge in [-0.15, -0.1) is 11.8 Å². The molecule has 0 atom stereocenters. The first-order valence-corrected chi connectivity index (χ1v) is 14.3. The van der Waals surface area contributed by atoms with E-state index < -0.39 is 0 Å². The Morgan fingerprint density at radius 2 is 1.59 bits per heavy atom. The Morgan fingerprint density at radius 1 is 0.838 bits per heavy atom. The lowest BCUT2D eigenvalue weighted by molar-refractivity contribution is 0.183. The van der Waals surface area contributed by atoms with Gasteiger partial charge in [-0.05, 0) is 110 Å². The van der Waals surface area contributed by atoms with Gasteiger partial charge in [-0.1, -0.05) is 31.5 Å². The second kappa shape index (κ2) is 12.4. The van der Waals surface area contributed by atoms with E-state index in [1.165, 1.54) is 37.2 Å². The van der Waals surface area contributed by atoms with Crippen molar-refractivity contribution in [3.63, 3.8) is 0 Å². The summed E-state index contributed by atoms with van der Waals surface area (Å²) in [5, 5.41) is 11.9. The quantitative estimate of drug-likeness (QED) is 0.216. The molecule has 4 nitrogen and oxygen atoms in total. The minimum absolute atomic E-state index is 0.245. The highest BCUT2D eigenvalue weighted by atomic mass is 32.2. The fourth-order valence-electron chi connectivity index (χ4n) is 4.77. The van der Waals surface area contributed by atoms with Crippen molar-refractivity contribution in [1.29, 1.82) is 0 Å². The van der Waals surface area contributed by atoms with Gasteiger partial charge in [0.05, 0.1) is 0 Å². The second-order valence-corrected chi connectivity index (χ2v) is 10.7. The molecule has 0 spiro atoms. The summed E-state index contributed by atoms with van der Waals surface area (Å²) in [5.74, 6) is 3.75. The summed E-state index contributed by atoms with van der Waals surface area (Å²) in [6.45, 7) is 6.24. The van der Waals surface area contributed by atoms with E-state index in [-0.39, 0.29) is 5.75 Å². The molecule has 1 N–H and O–H groups in total. The van der Waals surface area contributed by atoms with Crippen molar-refractivity contribution in [2.75, 3.05) is 32.0 Å². The molecule has 1 saturated heterocycles. The molecule has 0 aliphatic carbocycles. The smallest absolute Gasteiger partial charge is 0.143 e. The van der Waals surface area contributed by atoms with E-state index in [0.717, 1.165) is 57.9 Å². The number of aromatic hydroxyl groups is 1. The first-order valence-electron chi connectivity index (χ1n) is 13.3. The molecule has 5 heteroatoms. The topological polar surface area (TPSA) is 41.9 Å². The van der Waals surface area contributed by atoms with E-state index in [9.17, 15) is 5.11 Å². The standard InChI is InChI=1S/C32H35NO3S/c1-2-22-37-29-14-6-24(7-15-29)30-16-8-25-23-26(34)9-17-31(25)32(30)36-28-12-10-27(11-13-28)35-21-20-33-18-4-3-5-19-33/h6-17,23,34H,2-5,18-22H2,1H3. The third kappa shape index (κ3) is 6.60. The number of nitrogens with zero attached hydrogens (tertiary/aromatic N) is 1. The minimum Gasteiger partial charge on any atom is -0.508 e. The highest BCUT2D eigenvalue weighted by molar-refractivity contribution is 7.99. The maximum atomic E-state index is 10.0. The third-order valence-corrected chi connectivity index (χ3v) is 7.98. The summed E-state index contributed by atoms with van der Waals surface area (Å²) in [6.07, 6.45) is 5.10. The van der Waals surface area contributed by atoms with Crippen LogP contribution in [0.4, 0.5) is 0 Å². The van der Waals surface area contributed by atoms with Crippen LogP contribution < -0.4 is 9.47 Å². The summed E-state index contributed by atoms with van der Waals surface area (Å²) in [5.41, 5.74) is 2.12. The Labute approximate surface area is 224 Å². The van der Waals surface area contributed by atoms with Gasteiger partial charge in [0.2, 0.25) is 0 Å². The fraction of sp³-hybridized carbons (Fsp3) is 0.312. The van der Waals surface area contributed by atoms with Gasteiger partial charge in [-0.3, -0.25) is 4.90 Å². The molecule has 0 aromatic heterocycles. The molecule has 5 rings (SSSR count). The molecule has 1 fully saturated rings. The van der Waals surface area contributed by atoms with Crippen LogP contribution in [-0.4, -0.2) is 42.0 Å². The predicted molar refractivity (Wildman–Crippen MR) is 154 cm³/mol. The highest BCUT2D eigenvalue weighted by Gasteiger charge is 2.14. The molecule has 1 heterocycles. The number of benzene rings is 4. The van der Waals surface area contributed by atoms with Crippen LogP contribution in [-0.2, 0) is 0 Å². The lowest BCUT2D eigenvalue weighted by Gasteiger charge is -2.26. The largest absolute Gasteiger partial charge is 0.508 e. The van der Waals surface area contributed by atoms with Crippen molar-refractivity contribution in [2.24, 2.45) is 0 Å². The Balaban J connectivity index is 1.35. The molecule has 1 aliphatic rings. The third-order valence-electron chi connectivity index (χ3n) is 6.76. The number of phenols is 1. The van der Waals surface area contributed by atoms with Gasteiger partial charge in [0, 0.05) is 22.4 Å². The number of thioether (sulfide) groups is 1. The molecular weight excluding hydrogens is 478 g/mol. The lowest BCUT2D eigenvalue weighted by atomic mass is 9.99. The zero-order valence-electron chi connectivity index (χ0n) is 21.5. The highest BCUT2D eigenvalue weighted by Crippen LogP contribution is 2.41. The van der Waals surface area contributed by atoms with E-state index in [2.05, 4.69) is 42.2 Å². The monoisotopic (exact) mass is 513 g/mol. The Morgan fingerprint density at radius 3 is 2.35 bits per heavy atom. The summed E-state index contributed by atoms with van der Waals surface area (Å²) in [6, 6.07) is 26.1. The van der Waals surface area contributed by atoms with Crippen molar-refractivity contribution >= 4 is 22.5 Å². The van der Waals surface area contributed by atoms with E-state index in [1.807, 2.05) is 48.2 Å². The van der Waals surface area contributed by atoms with Crippen molar-refractivity contribution in [1.82, 2.24) is 4.90 Å². The Kier molecular flexibility index (Phi) is 8.54. The molecular formula is C32H35NO3S. The maximum Gasteiger partial charge on any atom is 0.143 e. The van der Waals surface area contributed by atoms with Crippen LogP contribution in [0.2, 0.25) is 0 Å². The average molecular weight is 514 g/mol. The van der Waals surface area contributed by atoms with E-state index >= 15 is 0 Å². The van der Waals surface area contributed by atoms with Gasteiger partial charge in [-0.25, -0.2) is 0 Å². The van der Waals surface area contributed by atoms with Gasteiger partial charge in [-0.2, -0.15) is 0 Å². The van der Waals surface area contributed by atoms with E-state index in [0.29, 0.717) is 6.61 Å². The van der Waals surface area contributed by atoms with E-state index in [1.54, 1.807) is 12.1 Å².